The molecule has 0 aromatic heterocycles. The molecule has 1 spiro atoms. The molecule has 5 rings (SSSR count). The maximum absolute atomic E-state index is 5.56. The highest BCUT2D eigenvalue weighted by Crippen LogP contribution is 2.44. The molecule has 4 aliphatic rings. The summed E-state index contributed by atoms with van der Waals surface area (Å²) in [6.07, 6.45) is 10.8. The number of rotatable bonds is 4. The highest BCUT2D eigenvalue weighted by Gasteiger charge is 2.45. The Balaban J connectivity index is 1.19. The lowest BCUT2D eigenvalue weighted by Gasteiger charge is -2.41. The molecule has 3 aliphatic heterocycles. The van der Waals surface area contributed by atoms with Crippen LogP contribution in [0, 0.1) is 11.3 Å². The summed E-state index contributed by atoms with van der Waals surface area (Å²) in [7, 11) is 0. The number of hydrogen-bond acceptors (Lipinski definition) is 3. The van der Waals surface area contributed by atoms with E-state index in [0.717, 1.165) is 31.1 Å². The van der Waals surface area contributed by atoms with Crippen LogP contribution in [-0.2, 0) is 11.2 Å². The molecule has 4 fully saturated rings. The SMILES string of the molecule is c1ccc(C2CCN(C3CCC4(CNC4)C3)CC2)c(CC2CCOCC2)c1. The molecule has 1 saturated carbocycles. The van der Waals surface area contributed by atoms with Crippen molar-refractivity contribution in [2.24, 2.45) is 11.3 Å². The Labute approximate surface area is 164 Å². The first kappa shape index (κ1) is 18.1. The largest absolute Gasteiger partial charge is 0.381 e. The quantitative estimate of drug-likeness (QED) is 0.870. The van der Waals surface area contributed by atoms with E-state index >= 15 is 0 Å². The monoisotopic (exact) mass is 368 g/mol. The topological polar surface area (TPSA) is 24.5 Å². The highest BCUT2D eigenvalue weighted by molar-refractivity contribution is 5.31. The van der Waals surface area contributed by atoms with Crippen LogP contribution in [0.25, 0.3) is 0 Å². The van der Waals surface area contributed by atoms with Gasteiger partial charge in [-0.15, -0.1) is 0 Å². The molecule has 1 aliphatic carbocycles. The van der Waals surface area contributed by atoms with Gasteiger partial charge in [-0.25, -0.2) is 0 Å². The Hall–Kier alpha value is -0.900. The van der Waals surface area contributed by atoms with Crippen LogP contribution in [0.1, 0.15) is 62.0 Å². The van der Waals surface area contributed by atoms with Crippen molar-refractivity contribution in [3.8, 4) is 0 Å². The second-order valence-electron chi connectivity index (χ2n) is 9.77. The molecule has 3 heteroatoms. The molecule has 1 aromatic rings. The summed E-state index contributed by atoms with van der Waals surface area (Å²) in [6.45, 7) is 7.10. The van der Waals surface area contributed by atoms with E-state index in [1.54, 1.807) is 11.1 Å². The number of likely N-dealkylation sites (tertiary alicyclic amines) is 1. The number of benzene rings is 1. The fourth-order valence-electron chi connectivity index (χ4n) is 6.24. The van der Waals surface area contributed by atoms with Crippen molar-refractivity contribution in [2.75, 3.05) is 39.4 Å². The minimum Gasteiger partial charge on any atom is -0.381 e. The van der Waals surface area contributed by atoms with E-state index < -0.39 is 0 Å². The Morgan fingerprint density at radius 3 is 2.48 bits per heavy atom. The van der Waals surface area contributed by atoms with Gasteiger partial charge >= 0.3 is 0 Å². The van der Waals surface area contributed by atoms with E-state index in [9.17, 15) is 0 Å². The maximum atomic E-state index is 5.56. The first-order chi connectivity index (χ1) is 13.3. The van der Waals surface area contributed by atoms with Gasteiger partial charge in [0, 0.05) is 32.3 Å². The van der Waals surface area contributed by atoms with Crippen molar-refractivity contribution in [1.82, 2.24) is 10.2 Å². The minimum atomic E-state index is 0.678. The van der Waals surface area contributed by atoms with Gasteiger partial charge in [0.1, 0.15) is 0 Å². The average molecular weight is 369 g/mol. The zero-order valence-electron chi connectivity index (χ0n) is 16.8. The molecule has 1 aromatic carbocycles. The number of piperidine rings is 1. The Bertz CT molecular complexity index is 627. The predicted octanol–water partition coefficient (Wildman–Crippen LogP) is 3.98. The molecule has 1 unspecified atom stereocenters. The lowest BCUT2D eigenvalue weighted by Crippen LogP contribution is -2.52. The number of nitrogens with zero attached hydrogens (tertiary/aromatic N) is 1. The molecular weight excluding hydrogens is 332 g/mol. The number of hydrogen-bond donors (Lipinski definition) is 1. The number of ether oxygens (including phenoxy) is 1. The van der Waals surface area contributed by atoms with Crippen molar-refractivity contribution < 1.29 is 4.74 Å². The van der Waals surface area contributed by atoms with Crippen molar-refractivity contribution in [2.45, 2.75) is 63.3 Å². The third-order valence-electron chi connectivity index (χ3n) is 8.07. The summed E-state index contributed by atoms with van der Waals surface area (Å²) in [5.41, 5.74) is 3.97. The third kappa shape index (κ3) is 3.83. The Kier molecular flexibility index (Phi) is 5.28. The number of nitrogens with one attached hydrogen (secondary N) is 1. The molecule has 0 radical (unpaired) electrons. The summed E-state index contributed by atoms with van der Waals surface area (Å²) in [5.74, 6) is 1.60. The zero-order valence-corrected chi connectivity index (χ0v) is 16.8. The zero-order chi connectivity index (χ0) is 18.1. The first-order valence-corrected chi connectivity index (χ1v) is 11.4. The van der Waals surface area contributed by atoms with E-state index in [-0.39, 0.29) is 0 Å². The highest BCUT2D eigenvalue weighted by atomic mass is 16.5. The standard InChI is InChI=1S/C24H36N2O/c1-2-4-23(21(3-1)15-19-8-13-27-14-9-19)20-6-11-26(12-7-20)22-5-10-24(16-22)17-25-18-24/h1-4,19-20,22,25H,5-18H2. The van der Waals surface area contributed by atoms with E-state index in [4.69, 9.17) is 4.74 Å². The lowest BCUT2D eigenvalue weighted by atomic mass is 9.79. The summed E-state index contributed by atoms with van der Waals surface area (Å²) in [6, 6.07) is 10.2. The molecule has 1 N–H and O–H groups in total. The lowest BCUT2D eigenvalue weighted by molar-refractivity contribution is 0.0664. The first-order valence-electron chi connectivity index (χ1n) is 11.4. The van der Waals surface area contributed by atoms with Gasteiger partial charge in [-0.1, -0.05) is 24.3 Å². The molecule has 1 atom stereocenters. The molecule has 0 amide bonds. The van der Waals surface area contributed by atoms with Crippen LogP contribution in [0.2, 0.25) is 0 Å². The Morgan fingerprint density at radius 1 is 1.00 bits per heavy atom. The third-order valence-corrected chi connectivity index (χ3v) is 8.07. The fraction of sp³-hybridized carbons (Fsp3) is 0.750. The summed E-state index contributed by atoms with van der Waals surface area (Å²) in [4.78, 5) is 2.84. The van der Waals surface area contributed by atoms with E-state index in [1.807, 2.05) is 0 Å². The molecule has 3 saturated heterocycles. The molecule has 3 nitrogen and oxygen atoms in total. The second-order valence-corrected chi connectivity index (χ2v) is 9.77. The van der Waals surface area contributed by atoms with Crippen molar-refractivity contribution in [3.05, 3.63) is 35.4 Å². The van der Waals surface area contributed by atoms with Gasteiger partial charge in [-0.3, -0.25) is 0 Å². The molecule has 0 bridgehead atoms. The Morgan fingerprint density at radius 2 is 1.78 bits per heavy atom. The molecule has 148 valence electrons. The van der Waals surface area contributed by atoms with Crippen LogP contribution < -0.4 is 5.32 Å². The molecule has 3 heterocycles. The van der Waals surface area contributed by atoms with Crippen LogP contribution in [0.5, 0.6) is 0 Å². The van der Waals surface area contributed by atoms with Crippen LogP contribution in [0.3, 0.4) is 0 Å². The maximum Gasteiger partial charge on any atom is 0.0468 e. The summed E-state index contributed by atoms with van der Waals surface area (Å²) < 4.78 is 5.56. The van der Waals surface area contributed by atoms with Gasteiger partial charge in [-0.05, 0) is 92.8 Å². The molecule has 27 heavy (non-hydrogen) atoms. The predicted molar refractivity (Wildman–Crippen MR) is 110 cm³/mol. The van der Waals surface area contributed by atoms with E-state index in [0.29, 0.717) is 5.41 Å². The molecular formula is C24H36N2O. The summed E-state index contributed by atoms with van der Waals surface area (Å²) >= 11 is 0. The summed E-state index contributed by atoms with van der Waals surface area (Å²) in [5, 5.41) is 3.51. The van der Waals surface area contributed by atoms with Crippen LogP contribution >= 0.6 is 0 Å². The fourth-order valence-corrected chi connectivity index (χ4v) is 6.24. The van der Waals surface area contributed by atoms with Gasteiger partial charge in [0.15, 0.2) is 0 Å². The minimum absolute atomic E-state index is 0.678. The second kappa shape index (κ2) is 7.85. The van der Waals surface area contributed by atoms with Gasteiger partial charge in [0.25, 0.3) is 0 Å². The smallest absolute Gasteiger partial charge is 0.0468 e. The van der Waals surface area contributed by atoms with Crippen molar-refractivity contribution >= 4 is 0 Å². The van der Waals surface area contributed by atoms with Gasteiger partial charge in [0.05, 0.1) is 0 Å². The van der Waals surface area contributed by atoms with Gasteiger partial charge < -0.3 is 15.0 Å². The van der Waals surface area contributed by atoms with Crippen LogP contribution in [-0.4, -0.2) is 50.3 Å². The van der Waals surface area contributed by atoms with Gasteiger partial charge in [-0.2, -0.15) is 0 Å². The van der Waals surface area contributed by atoms with Crippen LogP contribution in [0.15, 0.2) is 24.3 Å². The average Bonchev–Trinajstić information content (AvgIpc) is 3.16. The van der Waals surface area contributed by atoms with Crippen LogP contribution in [0.4, 0.5) is 0 Å². The van der Waals surface area contributed by atoms with E-state index in [1.165, 1.54) is 77.5 Å². The van der Waals surface area contributed by atoms with Crippen molar-refractivity contribution in [3.63, 3.8) is 0 Å². The van der Waals surface area contributed by atoms with Gasteiger partial charge in [0.2, 0.25) is 0 Å². The van der Waals surface area contributed by atoms with Crippen molar-refractivity contribution in [1.29, 1.82) is 0 Å². The van der Waals surface area contributed by atoms with E-state index in [2.05, 4.69) is 34.5 Å². The normalized spacial score (nSPS) is 29.9.